The van der Waals surface area contributed by atoms with E-state index in [1.807, 2.05) is 44.2 Å². The molecule has 1 saturated heterocycles. The maximum Gasteiger partial charge on any atom is 0.247 e. The Morgan fingerprint density at radius 3 is 2.39 bits per heavy atom. The lowest BCUT2D eigenvalue weighted by atomic mass is 9.75. The zero-order chi connectivity index (χ0) is 24.0. The number of carbonyl (C=O) groups excluding carboxylic acids is 3. The molecule has 7 nitrogen and oxygen atoms in total. The van der Waals surface area contributed by atoms with Gasteiger partial charge in [0, 0.05) is 25.1 Å². The van der Waals surface area contributed by atoms with Crippen molar-refractivity contribution in [3.8, 4) is 0 Å². The Kier molecular flexibility index (Phi) is 7.81. The van der Waals surface area contributed by atoms with E-state index in [9.17, 15) is 18.8 Å². The largest absolute Gasteiger partial charge is 0.330 e. The van der Waals surface area contributed by atoms with Crippen molar-refractivity contribution in [1.82, 2.24) is 10.4 Å². The van der Waals surface area contributed by atoms with Crippen LogP contribution in [0.25, 0.3) is 0 Å². The quantitative estimate of drug-likeness (QED) is 0.398. The average Bonchev–Trinajstić information content (AvgIpc) is 3.09. The van der Waals surface area contributed by atoms with Gasteiger partial charge in [-0.15, -0.1) is 0 Å². The van der Waals surface area contributed by atoms with Gasteiger partial charge in [0.05, 0.1) is 5.41 Å². The lowest BCUT2D eigenvalue weighted by molar-refractivity contribution is -0.146. The number of halogens is 1. The van der Waals surface area contributed by atoms with Crippen LogP contribution in [-0.2, 0) is 20.8 Å². The predicted octanol–water partition coefficient (Wildman–Crippen LogP) is 3.54. The molecule has 0 spiro atoms. The number of carbonyl (C=O) groups is 3. The van der Waals surface area contributed by atoms with Crippen LogP contribution in [0.1, 0.15) is 38.7 Å². The van der Waals surface area contributed by atoms with Gasteiger partial charge in [0.25, 0.3) is 0 Å². The highest BCUT2D eigenvalue weighted by molar-refractivity contribution is 5.99. The van der Waals surface area contributed by atoms with Crippen molar-refractivity contribution in [2.75, 3.05) is 11.9 Å². The number of anilines is 1. The minimum absolute atomic E-state index is 0.140. The molecular weight excluding hydrogens is 425 g/mol. The molecule has 3 N–H and O–H groups in total. The second kappa shape index (κ2) is 10.6. The zero-order valence-electron chi connectivity index (χ0n) is 18.9. The number of nitrogens with zero attached hydrogens (tertiary/aromatic N) is 1. The molecule has 1 fully saturated rings. The van der Waals surface area contributed by atoms with E-state index in [1.54, 1.807) is 10.4 Å². The summed E-state index contributed by atoms with van der Waals surface area (Å²) in [6.07, 6.45) is 1.03. The number of hydroxylamine groups is 1. The van der Waals surface area contributed by atoms with Crippen molar-refractivity contribution in [3.05, 3.63) is 66.0 Å². The second-order valence-corrected chi connectivity index (χ2v) is 9.04. The summed E-state index contributed by atoms with van der Waals surface area (Å²) >= 11 is 0. The zero-order valence-corrected chi connectivity index (χ0v) is 18.9. The molecule has 2 atom stereocenters. The second-order valence-electron chi connectivity index (χ2n) is 9.04. The van der Waals surface area contributed by atoms with E-state index in [0.29, 0.717) is 31.5 Å². The van der Waals surface area contributed by atoms with E-state index < -0.39 is 23.2 Å². The molecule has 8 heteroatoms. The fourth-order valence-corrected chi connectivity index (χ4v) is 4.64. The molecular formula is C25H30FN3O4. The molecule has 176 valence electrons. The normalized spacial score (nSPS) is 18.9. The Labute approximate surface area is 192 Å². The molecule has 0 radical (unpaired) electrons. The van der Waals surface area contributed by atoms with Crippen molar-refractivity contribution >= 4 is 23.4 Å². The average molecular weight is 456 g/mol. The summed E-state index contributed by atoms with van der Waals surface area (Å²) in [6, 6.07) is 14.0. The van der Waals surface area contributed by atoms with Gasteiger partial charge in [-0.05, 0) is 48.6 Å². The number of amides is 3. The number of hydrogen-bond donors (Lipinski definition) is 3. The molecule has 33 heavy (non-hydrogen) atoms. The van der Waals surface area contributed by atoms with Crippen molar-refractivity contribution in [3.63, 3.8) is 0 Å². The van der Waals surface area contributed by atoms with E-state index in [4.69, 9.17) is 5.21 Å². The van der Waals surface area contributed by atoms with Crippen LogP contribution in [0.5, 0.6) is 0 Å². The number of likely N-dealkylation sites (tertiary alicyclic amines) is 1. The van der Waals surface area contributed by atoms with Crippen LogP contribution in [0.4, 0.5) is 10.1 Å². The highest BCUT2D eigenvalue weighted by Gasteiger charge is 2.50. The van der Waals surface area contributed by atoms with Crippen LogP contribution >= 0.6 is 0 Å². The number of rotatable bonds is 9. The molecule has 0 saturated carbocycles. The lowest BCUT2D eigenvalue weighted by Gasteiger charge is -2.32. The van der Waals surface area contributed by atoms with Gasteiger partial charge in [0.1, 0.15) is 11.9 Å². The van der Waals surface area contributed by atoms with Gasteiger partial charge in [-0.25, -0.2) is 9.87 Å². The third-order valence-corrected chi connectivity index (χ3v) is 6.03. The highest BCUT2D eigenvalue weighted by Crippen LogP contribution is 2.42. The van der Waals surface area contributed by atoms with Crippen molar-refractivity contribution in [1.29, 1.82) is 0 Å². The number of benzene rings is 2. The van der Waals surface area contributed by atoms with Gasteiger partial charge in [0.15, 0.2) is 0 Å². The Morgan fingerprint density at radius 2 is 1.79 bits per heavy atom. The van der Waals surface area contributed by atoms with Crippen molar-refractivity contribution < 1.29 is 24.0 Å². The number of nitrogens with one attached hydrogen (secondary N) is 2. The van der Waals surface area contributed by atoms with E-state index in [2.05, 4.69) is 5.32 Å². The van der Waals surface area contributed by atoms with Crippen LogP contribution in [0.15, 0.2) is 54.6 Å². The molecule has 1 aliphatic rings. The van der Waals surface area contributed by atoms with Gasteiger partial charge in [-0.2, -0.15) is 0 Å². The van der Waals surface area contributed by atoms with Gasteiger partial charge >= 0.3 is 0 Å². The summed E-state index contributed by atoms with van der Waals surface area (Å²) in [7, 11) is 0. The van der Waals surface area contributed by atoms with E-state index in [1.165, 1.54) is 24.3 Å². The van der Waals surface area contributed by atoms with Crippen molar-refractivity contribution in [2.24, 2.45) is 11.3 Å². The van der Waals surface area contributed by atoms with Crippen LogP contribution in [0, 0.1) is 17.2 Å². The Morgan fingerprint density at radius 1 is 1.12 bits per heavy atom. The Hall–Kier alpha value is -3.26. The SMILES string of the molecule is CC(C)C[C@@]1(CC(=O)NO)CCN([C@H](Cc2ccccc2)C(=O)Nc2ccc(F)cc2)C1=O. The third-order valence-electron chi connectivity index (χ3n) is 6.03. The monoisotopic (exact) mass is 455 g/mol. The van der Waals surface area contributed by atoms with Crippen molar-refractivity contribution in [2.45, 2.75) is 45.6 Å². The van der Waals surface area contributed by atoms with E-state index in [-0.39, 0.29) is 24.2 Å². The van der Waals surface area contributed by atoms with Crippen LogP contribution in [0.2, 0.25) is 0 Å². The summed E-state index contributed by atoms with van der Waals surface area (Å²) < 4.78 is 13.3. The molecule has 1 heterocycles. The molecule has 0 unspecified atom stereocenters. The fourth-order valence-electron chi connectivity index (χ4n) is 4.64. The third kappa shape index (κ3) is 5.96. The summed E-state index contributed by atoms with van der Waals surface area (Å²) in [5.41, 5.74) is 1.97. The standard InChI is InChI=1S/C25H30FN3O4/c1-17(2)15-25(16-22(30)28-33)12-13-29(24(25)32)21(14-18-6-4-3-5-7-18)23(31)27-20-10-8-19(26)9-11-20/h3-11,17,21,33H,12-16H2,1-2H3,(H,27,31)(H,28,30)/t21-,25-/m1/s1. The molecule has 3 amide bonds. The molecule has 0 bridgehead atoms. The molecule has 0 aromatic heterocycles. The first-order valence-electron chi connectivity index (χ1n) is 11.1. The molecule has 0 aliphatic carbocycles. The van der Waals surface area contributed by atoms with Crippen LogP contribution in [-0.4, -0.2) is 40.4 Å². The van der Waals surface area contributed by atoms with Gasteiger partial charge in [-0.1, -0.05) is 44.2 Å². The summed E-state index contributed by atoms with van der Waals surface area (Å²) in [6.45, 7) is 4.26. The molecule has 2 aromatic carbocycles. The summed E-state index contributed by atoms with van der Waals surface area (Å²) in [4.78, 5) is 40.6. The van der Waals surface area contributed by atoms with Gasteiger partial charge in [-0.3, -0.25) is 19.6 Å². The maximum absolute atomic E-state index is 13.7. The minimum atomic E-state index is -0.980. The fraction of sp³-hybridized carbons (Fsp3) is 0.400. The number of hydrogen-bond acceptors (Lipinski definition) is 4. The first-order valence-corrected chi connectivity index (χ1v) is 11.1. The summed E-state index contributed by atoms with van der Waals surface area (Å²) in [5, 5.41) is 11.8. The van der Waals surface area contributed by atoms with Gasteiger partial charge < -0.3 is 10.2 Å². The smallest absolute Gasteiger partial charge is 0.247 e. The Balaban J connectivity index is 1.90. The molecule has 3 rings (SSSR count). The van der Waals surface area contributed by atoms with Crippen LogP contribution in [0.3, 0.4) is 0 Å². The minimum Gasteiger partial charge on any atom is -0.330 e. The first-order chi connectivity index (χ1) is 15.7. The van der Waals surface area contributed by atoms with E-state index >= 15 is 0 Å². The van der Waals surface area contributed by atoms with Gasteiger partial charge in [0.2, 0.25) is 17.7 Å². The molecule has 1 aliphatic heterocycles. The lowest BCUT2D eigenvalue weighted by Crippen LogP contribution is -2.49. The Bertz CT molecular complexity index is 981. The maximum atomic E-state index is 13.7. The van der Waals surface area contributed by atoms with E-state index in [0.717, 1.165) is 5.56 Å². The highest BCUT2D eigenvalue weighted by atomic mass is 19.1. The molecule has 2 aromatic rings. The topological polar surface area (TPSA) is 98.7 Å². The summed E-state index contributed by atoms with van der Waals surface area (Å²) in [5.74, 6) is -1.55. The predicted molar refractivity (Wildman–Crippen MR) is 122 cm³/mol. The first kappa shape index (κ1) is 24.4. The van der Waals surface area contributed by atoms with Crippen LogP contribution < -0.4 is 10.8 Å².